The summed E-state index contributed by atoms with van der Waals surface area (Å²) >= 11 is 1.38. The maximum atomic E-state index is 12.5. The lowest BCUT2D eigenvalue weighted by atomic mass is 10.2. The molecular weight excluding hydrogens is 340 g/mol. The zero-order valence-electron chi connectivity index (χ0n) is 13.0. The molecule has 1 aromatic heterocycles. The molecule has 0 saturated heterocycles. The molecule has 0 aliphatic rings. The molecule has 128 valence electrons. The van der Waals surface area contributed by atoms with E-state index in [2.05, 4.69) is 20.2 Å². The Balaban J connectivity index is 2.04. The molecule has 0 fully saturated rings. The van der Waals surface area contributed by atoms with Gasteiger partial charge in [-0.2, -0.15) is 13.9 Å². The number of amides is 1. The molecule has 0 atom stereocenters. The fourth-order valence-corrected chi connectivity index (χ4v) is 2.62. The summed E-state index contributed by atoms with van der Waals surface area (Å²) in [5.41, 5.74) is 3.41. The van der Waals surface area contributed by atoms with Crippen molar-refractivity contribution < 1.29 is 23.0 Å². The van der Waals surface area contributed by atoms with Crippen LogP contribution < -0.4 is 14.9 Å². The number of nitrogens with zero attached hydrogens (tertiary/aromatic N) is 2. The zero-order valence-corrected chi connectivity index (χ0v) is 13.8. The summed E-state index contributed by atoms with van der Waals surface area (Å²) in [4.78, 5) is 15.9. The van der Waals surface area contributed by atoms with Crippen molar-refractivity contribution in [2.45, 2.75) is 20.0 Å². The van der Waals surface area contributed by atoms with E-state index in [0.29, 0.717) is 5.01 Å². The van der Waals surface area contributed by atoms with Gasteiger partial charge >= 0.3 is 6.61 Å². The molecule has 9 heteroatoms. The van der Waals surface area contributed by atoms with Crippen LogP contribution >= 0.6 is 11.3 Å². The molecule has 0 bridgehead atoms. The molecular formula is C15H15F2N3O3S. The van der Waals surface area contributed by atoms with Crippen molar-refractivity contribution >= 4 is 23.5 Å². The molecule has 24 heavy (non-hydrogen) atoms. The molecule has 0 aliphatic heterocycles. The van der Waals surface area contributed by atoms with E-state index in [4.69, 9.17) is 4.74 Å². The second kappa shape index (κ2) is 8.34. The second-order valence-electron chi connectivity index (χ2n) is 4.61. The molecule has 2 rings (SSSR count). The van der Waals surface area contributed by atoms with Crippen LogP contribution in [0.1, 0.15) is 16.3 Å². The fraction of sp³-hybridized carbons (Fsp3) is 0.267. The summed E-state index contributed by atoms with van der Waals surface area (Å²) in [5.74, 6) is -0.368. The number of alkyl halides is 2. The Bertz CT molecular complexity index is 735. The van der Waals surface area contributed by atoms with Gasteiger partial charge in [-0.15, -0.1) is 11.3 Å². The molecule has 0 aliphatic carbocycles. The number of halogens is 2. The van der Waals surface area contributed by atoms with E-state index in [1.807, 2.05) is 12.3 Å². The Morgan fingerprint density at radius 2 is 2.29 bits per heavy atom. The maximum absolute atomic E-state index is 12.5. The molecule has 0 radical (unpaired) electrons. The molecule has 1 N–H and O–H groups in total. The molecule has 6 nitrogen and oxygen atoms in total. The van der Waals surface area contributed by atoms with Crippen LogP contribution in [0.5, 0.6) is 11.5 Å². The number of rotatable bonds is 7. The minimum atomic E-state index is -3.00. The standard InChI is InChI=1S/C15H15F2N3O3S/c1-9-8-24-13(19-9)6-12(21)20-18-7-10-4-3-5-11(22-2)14(10)23-15(16)17/h3-5,7-8,15H,6H2,1-2H3,(H,20,21)/b18-7-. The van der Waals surface area contributed by atoms with Crippen LogP contribution in [-0.2, 0) is 11.2 Å². The number of aryl methyl sites for hydroxylation is 1. The smallest absolute Gasteiger partial charge is 0.387 e. The Kier molecular flexibility index (Phi) is 6.19. The van der Waals surface area contributed by atoms with Gasteiger partial charge in [-0.3, -0.25) is 4.79 Å². The number of hydrogen-bond donors (Lipinski definition) is 1. The van der Waals surface area contributed by atoms with E-state index in [1.165, 1.54) is 36.8 Å². The van der Waals surface area contributed by atoms with Gasteiger partial charge in [-0.25, -0.2) is 10.4 Å². The van der Waals surface area contributed by atoms with Crippen molar-refractivity contribution in [2.24, 2.45) is 5.10 Å². The SMILES string of the molecule is COc1cccc(/C=N\NC(=O)Cc2nc(C)cs2)c1OC(F)F. The lowest BCUT2D eigenvalue weighted by Gasteiger charge is -2.11. The van der Waals surface area contributed by atoms with Gasteiger partial charge in [0.1, 0.15) is 5.01 Å². The van der Waals surface area contributed by atoms with Gasteiger partial charge in [-0.05, 0) is 19.1 Å². The Morgan fingerprint density at radius 3 is 2.92 bits per heavy atom. The van der Waals surface area contributed by atoms with Crippen molar-refractivity contribution in [1.29, 1.82) is 0 Å². The molecule has 1 aromatic carbocycles. The summed E-state index contributed by atoms with van der Waals surface area (Å²) in [6, 6.07) is 4.59. The summed E-state index contributed by atoms with van der Waals surface area (Å²) in [7, 11) is 1.34. The number of ether oxygens (including phenoxy) is 2. The quantitative estimate of drug-likeness (QED) is 0.612. The van der Waals surface area contributed by atoms with Gasteiger partial charge in [-0.1, -0.05) is 6.07 Å². The van der Waals surface area contributed by atoms with Crippen LogP contribution in [0.2, 0.25) is 0 Å². The number of hydrogen-bond acceptors (Lipinski definition) is 6. The maximum Gasteiger partial charge on any atom is 0.387 e. The third-order valence-corrected chi connectivity index (χ3v) is 3.77. The van der Waals surface area contributed by atoms with Crippen LogP contribution in [0.25, 0.3) is 0 Å². The first kappa shape index (κ1) is 17.8. The molecule has 1 heterocycles. The number of thiazole rings is 1. The highest BCUT2D eigenvalue weighted by atomic mass is 32.1. The summed E-state index contributed by atoms with van der Waals surface area (Å²) < 4.78 is 34.5. The molecule has 0 unspecified atom stereocenters. The van der Waals surface area contributed by atoms with Crippen molar-refractivity contribution in [2.75, 3.05) is 7.11 Å². The van der Waals surface area contributed by atoms with Crippen LogP contribution in [0, 0.1) is 6.92 Å². The molecule has 2 aromatic rings. The Labute approximate surface area is 141 Å². The van der Waals surface area contributed by atoms with E-state index in [-0.39, 0.29) is 29.4 Å². The van der Waals surface area contributed by atoms with Gasteiger partial charge in [0.25, 0.3) is 0 Å². The monoisotopic (exact) mass is 355 g/mol. The highest BCUT2D eigenvalue weighted by Crippen LogP contribution is 2.31. The van der Waals surface area contributed by atoms with Gasteiger partial charge < -0.3 is 9.47 Å². The molecule has 0 spiro atoms. The van der Waals surface area contributed by atoms with Crippen LogP contribution in [-0.4, -0.2) is 30.8 Å². The predicted octanol–water partition coefficient (Wildman–Crippen LogP) is 2.75. The minimum absolute atomic E-state index is 0.0916. The number of aromatic nitrogens is 1. The van der Waals surface area contributed by atoms with Gasteiger partial charge in [0, 0.05) is 16.6 Å². The number of para-hydroxylation sites is 1. The average molecular weight is 355 g/mol. The first-order valence-corrected chi connectivity index (χ1v) is 7.72. The lowest BCUT2D eigenvalue weighted by Crippen LogP contribution is -2.19. The minimum Gasteiger partial charge on any atom is -0.493 e. The predicted molar refractivity (Wildman–Crippen MR) is 85.9 cm³/mol. The van der Waals surface area contributed by atoms with E-state index >= 15 is 0 Å². The van der Waals surface area contributed by atoms with Crippen LogP contribution in [0.15, 0.2) is 28.7 Å². The normalized spacial score (nSPS) is 11.0. The molecule has 1 amide bonds. The van der Waals surface area contributed by atoms with Crippen molar-refractivity contribution in [3.8, 4) is 11.5 Å². The third kappa shape index (κ3) is 4.98. The summed E-state index contributed by atoms with van der Waals surface area (Å²) in [5, 5.41) is 6.27. The number of methoxy groups -OCH3 is 1. The third-order valence-electron chi connectivity index (χ3n) is 2.81. The highest BCUT2D eigenvalue weighted by molar-refractivity contribution is 7.09. The van der Waals surface area contributed by atoms with Crippen LogP contribution in [0.4, 0.5) is 8.78 Å². The number of benzene rings is 1. The second-order valence-corrected chi connectivity index (χ2v) is 5.55. The van der Waals surface area contributed by atoms with Gasteiger partial charge in [0.2, 0.25) is 5.91 Å². The Hall–Kier alpha value is -2.55. The molecule has 0 saturated carbocycles. The van der Waals surface area contributed by atoms with E-state index in [1.54, 1.807) is 6.07 Å². The van der Waals surface area contributed by atoms with E-state index < -0.39 is 6.61 Å². The van der Waals surface area contributed by atoms with Crippen LogP contribution in [0.3, 0.4) is 0 Å². The number of hydrazone groups is 1. The largest absolute Gasteiger partial charge is 0.493 e. The Morgan fingerprint density at radius 1 is 1.50 bits per heavy atom. The number of nitrogens with one attached hydrogen (secondary N) is 1. The first-order chi connectivity index (χ1) is 11.5. The average Bonchev–Trinajstić information content (AvgIpc) is 2.93. The first-order valence-electron chi connectivity index (χ1n) is 6.84. The zero-order chi connectivity index (χ0) is 17.5. The van der Waals surface area contributed by atoms with E-state index in [9.17, 15) is 13.6 Å². The lowest BCUT2D eigenvalue weighted by molar-refractivity contribution is -0.120. The topological polar surface area (TPSA) is 72.8 Å². The van der Waals surface area contributed by atoms with Crippen molar-refractivity contribution in [3.05, 3.63) is 39.8 Å². The highest BCUT2D eigenvalue weighted by Gasteiger charge is 2.14. The van der Waals surface area contributed by atoms with Gasteiger partial charge in [0.15, 0.2) is 11.5 Å². The summed E-state index contributed by atoms with van der Waals surface area (Å²) in [6.07, 6.45) is 1.31. The van der Waals surface area contributed by atoms with Crippen molar-refractivity contribution in [3.63, 3.8) is 0 Å². The van der Waals surface area contributed by atoms with Crippen molar-refractivity contribution in [1.82, 2.24) is 10.4 Å². The van der Waals surface area contributed by atoms with E-state index in [0.717, 1.165) is 5.69 Å². The number of carbonyl (C=O) groups is 1. The summed E-state index contributed by atoms with van der Waals surface area (Å²) in [6.45, 7) is -1.17. The fourth-order valence-electron chi connectivity index (χ4n) is 1.85. The van der Waals surface area contributed by atoms with Gasteiger partial charge in [0.05, 0.1) is 19.7 Å². The number of carbonyl (C=O) groups excluding carboxylic acids is 1.